The van der Waals surface area contributed by atoms with E-state index in [1.807, 2.05) is 34.6 Å². The van der Waals surface area contributed by atoms with Gasteiger partial charge in [0, 0.05) is 5.33 Å². The van der Waals surface area contributed by atoms with Crippen molar-refractivity contribution in [3.05, 3.63) is 0 Å². The first-order valence-corrected chi connectivity index (χ1v) is 6.52. The molecule has 0 saturated carbocycles. The van der Waals surface area contributed by atoms with E-state index < -0.39 is 11.3 Å². The van der Waals surface area contributed by atoms with Gasteiger partial charge in [-0.1, -0.05) is 15.9 Å². The second kappa shape index (κ2) is 4.53. The summed E-state index contributed by atoms with van der Waals surface area (Å²) < 4.78 is 11.0. The minimum Gasteiger partial charge on any atom is -0.444 e. The number of nitrogens with zero attached hydrogens (tertiary/aromatic N) is 1. The van der Waals surface area contributed by atoms with Crippen LogP contribution in [-0.2, 0) is 9.47 Å². The maximum atomic E-state index is 12.0. The molecule has 1 amide bonds. The first-order chi connectivity index (χ1) is 7.17. The molecule has 5 heteroatoms. The highest BCUT2D eigenvalue weighted by Crippen LogP contribution is 2.29. The summed E-state index contributed by atoms with van der Waals surface area (Å²) >= 11 is 3.39. The zero-order valence-corrected chi connectivity index (χ0v) is 12.1. The van der Waals surface area contributed by atoms with E-state index in [4.69, 9.17) is 9.47 Å². The van der Waals surface area contributed by atoms with E-state index in [1.54, 1.807) is 4.90 Å². The van der Waals surface area contributed by atoms with Crippen LogP contribution in [0.5, 0.6) is 0 Å². The van der Waals surface area contributed by atoms with E-state index in [0.29, 0.717) is 11.9 Å². The van der Waals surface area contributed by atoms with Crippen LogP contribution in [0.3, 0.4) is 0 Å². The average molecular weight is 294 g/mol. The Bertz CT molecular complexity index is 273. The third-order valence-corrected chi connectivity index (χ3v) is 3.09. The fourth-order valence-corrected chi connectivity index (χ4v) is 2.15. The summed E-state index contributed by atoms with van der Waals surface area (Å²) in [5.41, 5.74) is -1.08. The molecule has 1 atom stereocenters. The van der Waals surface area contributed by atoms with E-state index in [1.165, 1.54) is 0 Å². The van der Waals surface area contributed by atoms with Gasteiger partial charge in [0.2, 0.25) is 0 Å². The standard InChI is InChI=1S/C11H20BrNO3/c1-10(2,3)16-9(14)13-8(6-12)7-15-11(13,4)5/h8H,6-7H2,1-5H3/t8-/m1/s1. The van der Waals surface area contributed by atoms with Crippen molar-refractivity contribution in [3.8, 4) is 0 Å². The molecule has 1 heterocycles. The normalized spacial score (nSPS) is 24.6. The Labute approximate surface area is 105 Å². The lowest BCUT2D eigenvalue weighted by molar-refractivity contribution is -0.0616. The highest BCUT2D eigenvalue weighted by Gasteiger charge is 2.45. The minimum absolute atomic E-state index is 0.0323. The van der Waals surface area contributed by atoms with Gasteiger partial charge in [-0.25, -0.2) is 4.79 Å². The van der Waals surface area contributed by atoms with Crippen LogP contribution in [0.25, 0.3) is 0 Å². The van der Waals surface area contributed by atoms with E-state index >= 15 is 0 Å². The maximum Gasteiger partial charge on any atom is 0.412 e. The molecular weight excluding hydrogens is 274 g/mol. The van der Waals surface area contributed by atoms with Crippen LogP contribution >= 0.6 is 15.9 Å². The SMILES string of the molecule is CC(C)(C)OC(=O)N1[C@H](CBr)COC1(C)C. The molecule has 0 aromatic carbocycles. The summed E-state index contributed by atoms with van der Waals surface area (Å²) in [6.07, 6.45) is -0.320. The fraction of sp³-hybridized carbons (Fsp3) is 0.909. The predicted molar refractivity (Wildman–Crippen MR) is 65.7 cm³/mol. The number of carbonyl (C=O) groups excluding carboxylic acids is 1. The number of carbonyl (C=O) groups is 1. The molecule has 1 fully saturated rings. The zero-order chi connectivity index (χ0) is 12.6. The molecule has 4 nitrogen and oxygen atoms in total. The van der Waals surface area contributed by atoms with Gasteiger partial charge in [0.05, 0.1) is 12.6 Å². The van der Waals surface area contributed by atoms with Gasteiger partial charge in [-0.15, -0.1) is 0 Å². The summed E-state index contributed by atoms with van der Waals surface area (Å²) in [4.78, 5) is 13.7. The second-order valence-electron chi connectivity index (χ2n) is 5.42. The zero-order valence-electron chi connectivity index (χ0n) is 10.5. The largest absolute Gasteiger partial charge is 0.444 e. The fourth-order valence-electron chi connectivity index (χ4n) is 1.68. The Morgan fingerprint density at radius 1 is 1.56 bits per heavy atom. The number of rotatable bonds is 1. The highest BCUT2D eigenvalue weighted by molar-refractivity contribution is 9.09. The van der Waals surface area contributed by atoms with Crippen molar-refractivity contribution in [1.29, 1.82) is 0 Å². The number of alkyl halides is 1. The lowest BCUT2D eigenvalue weighted by Crippen LogP contribution is -2.50. The monoisotopic (exact) mass is 293 g/mol. The number of hydrogen-bond acceptors (Lipinski definition) is 3. The van der Waals surface area contributed by atoms with Crippen LogP contribution in [0.1, 0.15) is 34.6 Å². The molecule has 94 valence electrons. The number of halogens is 1. The number of hydrogen-bond donors (Lipinski definition) is 0. The van der Waals surface area contributed by atoms with Gasteiger partial charge < -0.3 is 9.47 Å². The molecule has 0 N–H and O–H groups in total. The van der Waals surface area contributed by atoms with Crippen molar-refractivity contribution in [2.24, 2.45) is 0 Å². The summed E-state index contributed by atoms with van der Waals surface area (Å²) in [5, 5.41) is 0.690. The highest BCUT2D eigenvalue weighted by atomic mass is 79.9. The first kappa shape index (κ1) is 13.8. The molecule has 0 aromatic rings. The summed E-state index contributed by atoms with van der Waals surface area (Å²) in [6, 6.07) is 0.0323. The van der Waals surface area contributed by atoms with E-state index in [9.17, 15) is 4.79 Å². The van der Waals surface area contributed by atoms with Crippen LogP contribution in [0.4, 0.5) is 4.79 Å². The van der Waals surface area contributed by atoms with Gasteiger partial charge in [0.25, 0.3) is 0 Å². The van der Waals surface area contributed by atoms with E-state index in [0.717, 1.165) is 0 Å². The van der Waals surface area contributed by atoms with Crippen molar-refractivity contribution in [1.82, 2.24) is 4.90 Å². The van der Waals surface area contributed by atoms with Crippen LogP contribution in [-0.4, -0.2) is 40.3 Å². The van der Waals surface area contributed by atoms with Crippen LogP contribution < -0.4 is 0 Å². The van der Waals surface area contributed by atoms with Crippen molar-refractivity contribution in [2.75, 3.05) is 11.9 Å². The molecule has 0 bridgehead atoms. The third kappa shape index (κ3) is 3.10. The van der Waals surface area contributed by atoms with Crippen LogP contribution in [0.15, 0.2) is 0 Å². The quantitative estimate of drug-likeness (QED) is 0.698. The van der Waals surface area contributed by atoms with E-state index in [2.05, 4.69) is 15.9 Å². The molecule has 0 spiro atoms. The van der Waals surface area contributed by atoms with Gasteiger partial charge in [0.15, 0.2) is 0 Å². The molecule has 0 radical (unpaired) electrons. The van der Waals surface area contributed by atoms with Gasteiger partial charge in [0.1, 0.15) is 11.3 Å². The second-order valence-corrected chi connectivity index (χ2v) is 6.06. The summed E-state index contributed by atoms with van der Waals surface area (Å²) in [7, 11) is 0. The number of ether oxygens (including phenoxy) is 2. The van der Waals surface area contributed by atoms with Gasteiger partial charge in [-0.05, 0) is 34.6 Å². The smallest absolute Gasteiger partial charge is 0.412 e. The topological polar surface area (TPSA) is 38.8 Å². The average Bonchev–Trinajstić information content (AvgIpc) is 2.37. The number of amides is 1. The van der Waals surface area contributed by atoms with Gasteiger partial charge >= 0.3 is 6.09 Å². The third-order valence-electron chi connectivity index (χ3n) is 2.34. The van der Waals surface area contributed by atoms with E-state index in [-0.39, 0.29) is 12.1 Å². The lowest BCUT2D eigenvalue weighted by atomic mass is 10.2. The molecule has 0 aliphatic carbocycles. The lowest BCUT2D eigenvalue weighted by Gasteiger charge is -2.34. The summed E-state index contributed by atoms with van der Waals surface area (Å²) in [5.74, 6) is 0. The molecule has 1 aliphatic heterocycles. The van der Waals surface area contributed by atoms with Crippen molar-refractivity contribution in [3.63, 3.8) is 0 Å². The Morgan fingerprint density at radius 3 is 2.56 bits per heavy atom. The van der Waals surface area contributed by atoms with Crippen molar-refractivity contribution in [2.45, 2.75) is 52.0 Å². The molecule has 1 rings (SSSR count). The maximum absolute atomic E-state index is 12.0. The molecule has 1 saturated heterocycles. The Hall–Kier alpha value is -0.290. The summed E-state index contributed by atoms with van der Waals surface area (Å²) in [6.45, 7) is 9.87. The van der Waals surface area contributed by atoms with Crippen LogP contribution in [0, 0.1) is 0 Å². The van der Waals surface area contributed by atoms with Gasteiger partial charge in [-0.3, -0.25) is 4.90 Å². The van der Waals surface area contributed by atoms with Crippen molar-refractivity contribution >= 4 is 22.0 Å². The first-order valence-electron chi connectivity index (χ1n) is 5.39. The molecular formula is C11H20BrNO3. The minimum atomic E-state index is -0.596. The predicted octanol–water partition coefficient (Wildman–Crippen LogP) is 2.75. The Morgan fingerprint density at radius 2 is 2.12 bits per heavy atom. The molecule has 1 aliphatic rings. The Kier molecular flexibility index (Phi) is 3.90. The van der Waals surface area contributed by atoms with Gasteiger partial charge in [-0.2, -0.15) is 0 Å². The molecule has 0 unspecified atom stereocenters. The molecule has 16 heavy (non-hydrogen) atoms. The van der Waals surface area contributed by atoms with Crippen molar-refractivity contribution < 1.29 is 14.3 Å². The van der Waals surface area contributed by atoms with Crippen LogP contribution in [0.2, 0.25) is 0 Å². The molecule has 0 aromatic heterocycles. The Balaban J connectivity index is 2.79.